The number of hydrogen-bond donors (Lipinski definition) is 1. The number of Topliss-reactive ketones (excluding diaryl/α,β-unsaturated/α-hetero) is 1. The Kier molecular flexibility index (Phi) is 3.39. The standard InChI is InChI=1S/C16H14N2O3/c19-14-6-3-9-18(13-5-2-1-4-11(13)14)16(21)12-10-17-8-7-15(12)20/h1-2,4-5,7-8,10H,3,6,9H2,(H,17,20). The van der Waals surface area contributed by atoms with Crippen LogP contribution in [0.15, 0.2) is 47.5 Å². The number of aromatic amines is 1. The first kappa shape index (κ1) is 13.3. The fourth-order valence-electron chi connectivity index (χ4n) is 2.54. The molecule has 2 aromatic rings. The Bertz CT molecular complexity index is 764. The Morgan fingerprint density at radius 3 is 2.76 bits per heavy atom. The molecule has 1 aliphatic heterocycles. The molecule has 1 aliphatic rings. The number of carbonyl (C=O) groups excluding carboxylic acids is 2. The van der Waals surface area contributed by atoms with E-state index < -0.39 is 0 Å². The molecule has 3 rings (SSSR count). The molecule has 0 fully saturated rings. The lowest BCUT2D eigenvalue weighted by molar-refractivity contribution is 0.0973. The SMILES string of the molecule is O=C1CCCN(C(=O)c2c[nH]ccc2=O)c2ccccc21. The second kappa shape index (κ2) is 5.36. The quantitative estimate of drug-likeness (QED) is 0.869. The van der Waals surface area contributed by atoms with Crippen molar-refractivity contribution < 1.29 is 9.59 Å². The fourth-order valence-corrected chi connectivity index (χ4v) is 2.54. The monoisotopic (exact) mass is 282 g/mol. The van der Waals surface area contributed by atoms with Crippen LogP contribution in [-0.4, -0.2) is 23.2 Å². The van der Waals surface area contributed by atoms with Crippen molar-refractivity contribution in [3.63, 3.8) is 0 Å². The second-order valence-corrected chi connectivity index (χ2v) is 4.92. The maximum Gasteiger partial charge on any atom is 0.263 e. The number of hydrogen-bond acceptors (Lipinski definition) is 3. The van der Waals surface area contributed by atoms with Gasteiger partial charge in [-0.25, -0.2) is 0 Å². The maximum atomic E-state index is 12.6. The smallest absolute Gasteiger partial charge is 0.263 e. The third kappa shape index (κ3) is 2.38. The zero-order chi connectivity index (χ0) is 14.8. The molecule has 0 unspecified atom stereocenters. The van der Waals surface area contributed by atoms with Gasteiger partial charge in [0, 0.05) is 37.0 Å². The van der Waals surface area contributed by atoms with Crippen LogP contribution in [0.5, 0.6) is 0 Å². The fraction of sp³-hybridized carbons (Fsp3) is 0.188. The van der Waals surface area contributed by atoms with Gasteiger partial charge in [-0.1, -0.05) is 12.1 Å². The number of anilines is 1. The van der Waals surface area contributed by atoms with E-state index in [1.807, 2.05) is 0 Å². The molecule has 5 heteroatoms. The summed E-state index contributed by atoms with van der Waals surface area (Å²) in [5.41, 5.74) is 0.873. The van der Waals surface area contributed by atoms with Crippen molar-refractivity contribution in [1.82, 2.24) is 4.98 Å². The number of para-hydroxylation sites is 1. The Morgan fingerprint density at radius 1 is 1.14 bits per heavy atom. The number of benzene rings is 1. The number of H-pyrrole nitrogens is 1. The maximum absolute atomic E-state index is 12.6. The van der Waals surface area contributed by atoms with Crippen LogP contribution in [0.3, 0.4) is 0 Å². The molecule has 0 bridgehead atoms. The lowest BCUT2D eigenvalue weighted by Gasteiger charge is -2.22. The Morgan fingerprint density at radius 2 is 1.95 bits per heavy atom. The van der Waals surface area contributed by atoms with Gasteiger partial charge >= 0.3 is 0 Å². The highest BCUT2D eigenvalue weighted by molar-refractivity contribution is 6.11. The number of nitrogens with one attached hydrogen (secondary N) is 1. The number of aromatic nitrogens is 1. The molecule has 0 saturated heterocycles. The van der Waals surface area contributed by atoms with Crippen molar-refractivity contribution in [1.29, 1.82) is 0 Å². The first-order valence-corrected chi connectivity index (χ1v) is 6.79. The van der Waals surface area contributed by atoms with Crippen LogP contribution in [0, 0.1) is 0 Å². The Labute approximate surface area is 121 Å². The predicted molar refractivity (Wildman–Crippen MR) is 78.7 cm³/mol. The highest BCUT2D eigenvalue weighted by atomic mass is 16.2. The van der Waals surface area contributed by atoms with Crippen molar-refractivity contribution >= 4 is 17.4 Å². The van der Waals surface area contributed by atoms with Gasteiger partial charge in [0.15, 0.2) is 11.2 Å². The Hall–Kier alpha value is -2.69. The number of pyridine rings is 1. The van der Waals surface area contributed by atoms with E-state index in [0.29, 0.717) is 30.6 Å². The van der Waals surface area contributed by atoms with Crippen LogP contribution in [0.4, 0.5) is 5.69 Å². The second-order valence-electron chi connectivity index (χ2n) is 4.92. The number of amides is 1. The molecule has 21 heavy (non-hydrogen) atoms. The number of rotatable bonds is 1. The van der Waals surface area contributed by atoms with Gasteiger partial charge in [0.05, 0.1) is 5.69 Å². The van der Waals surface area contributed by atoms with Gasteiger partial charge in [-0.2, -0.15) is 0 Å². The number of nitrogens with zero attached hydrogens (tertiary/aromatic N) is 1. The summed E-state index contributed by atoms with van der Waals surface area (Å²) in [5.74, 6) is -0.345. The van der Waals surface area contributed by atoms with E-state index in [-0.39, 0.29) is 22.7 Å². The van der Waals surface area contributed by atoms with E-state index in [1.165, 1.54) is 23.4 Å². The molecular formula is C16H14N2O3. The molecule has 1 aromatic carbocycles. The highest BCUT2D eigenvalue weighted by Crippen LogP contribution is 2.27. The van der Waals surface area contributed by atoms with Crippen molar-refractivity contribution in [3.8, 4) is 0 Å². The molecule has 0 saturated carbocycles. The minimum atomic E-state index is -0.376. The van der Waals surface area contributed by atoms with Crippen LogP contribution in [0.2, 0.25) is 0 Å². The lowest BCUT2D eigenvalue weighted by atomic mass is 10.1. The van der Waals surface area contributed by atoms with Crippen molar-refractivity contribution in [2.75, 3.05) is 11.4 Å². The minimum Gasteiger partial charge on any atom is -0.367 e. The van der Waals surface area contributed by atoms with Crippen LogP contribution >= 0.6 is 0 Å². The molecule has 0 spiro atoms. The summed E-state index contributed by atoms with van der Waals surface area (Å²) in [6, 6.07) is 8.35. The van der Waals surface area contributed by atoms with E-state index in [9.17, 15) is 14.4 Å². The molecular weight excluding hydrogens is 268 g/mol. The van der Waals surface area contributed by atoms with E-state index in [0.717, 1.165) is 0 Å². The van der Waals surface area contributed by atoms with E-state index in [1.54, 1.807) is 24.3 Å². The summed E-state index contributed by atoms with van der Waals surface area (Å²) in [6.07, 6.45) is 3.88. The van der Waals surface area contributed by atoms with Gasteiger partial charge in [-0.3, -0.25) is 14.4 Å². The third-order valence-electron chi connectivity index (χ3n) is 3.58. The summed E-state index contributed by atoms with van der Waals surface area (Å²) in [7, 11) is 0. The third-order valence-corrected chi connectivity index (χ3v) is 3.58. The molecule has 2 heterocycles. The summed E-state index contributed by atoms with van der Waals surface area (Å²) >= 11 is 0. The minimum absolute atomic E-state index is 0.0304. The molecule has 1 aromatic heterocycles. The predicted octanol–water partition coefficient (Wildman–Crippen LogP) is 2.00. The van der Waals surface area contributed by atoms with Crippen LogP contribution in [0.1, 0.15) is 33.6 Å². The average molecular weight is 282 g/mol. The summed E-state index contributed by atoms with van der Waals surface area (Å²) in [5, 5.41) is 0. The number of carbonyl (C=O) groups is 2. The number of fused-ring (bicyclic) bond motifs is 1. The first-order chi connectivity index (χ1) is 10.2. The van der Waals surface area contributed by atoms with Crippen molar-refractivity contribution in [2.45, 2.75) is 12.8 Å². The first-order valence-electron chi connectivity index (χ1n) is 6.79. The van der Waals surface area contributed by atoms with Crippen molar-refractivity contribution in [2.24, 2.45) is 0 Å². The molecule has 106 valence electrons. The van der Waals surface area contributed by atoms with E-state index >= 15 is 0 Å². The summed E-state index contributed by atoms with van der Waals surface area (Å²) < 4.78 is 0. The van der Waals surface area contributed by atoms with E-state index in [4.69, 9.17) is 0 Å². The van der Waals surface area contributed by atoms with Crippen molar-refractivity contribution in [3.05, 3.63) is 64.1 Å². The molecule has 0 aliphatic carbocycles. The zero-order valence-electron chi connectivity index (χ0n) is 11.3. The molecule has 1 amide bonds. The largest absolute Gasteiger partial charge is 0.367 e. The molecule has 0 radical (unpaired) electrons. The van der Waals surface area contributed by atoms with Gasteiger partial charge < -0.3 is 9.88 Å². The van der Waals surface area contributed by atoms with Gasteiger partial charge in [0.1, 0.15) is 5.56 Å². The van der Waals surface area contributed by atoms with Gasteiger partial charge in [0.25, 0.3) is 5.91 Å². The molecule has 1 N–H and O–H groups in total. The highest BCUT2D eigenvalue weighted by Gasteiger charge is 2.26. The normalized spacial score (nSPS) is 14.5. The molecule has 5 nitrogen and oxygen atoms in total. The van der Waals surface area contributed by atoms with Gasteiger partial charge in [-0.15, -0.1) is 0 Å². The lowest BCUT2D eigenvalue weighted by Crippen LogP contribution is -2.34. The zero-order valence-corrected chi connectivity index (χ0v) is 11.3. The van der Waals surface area contributed by atoms with Crippen LogP contribution in [-0.2, 0) is 0 Å². The summed E-state index contributed by atoms with van der Waals surface area (Å²) in [4.78, 5) is 40.8. The van der Waals surface area contributed by atoms with Gasteiger partial charge in [-0.05, 0) is 18.6 Å². The topological polar surface area (TPSA) is 70.2 Å². The molecule has 0 atom stereocenters. The van der Waals surface area contributed by atoms with Gasteiger partial charge in [0.2, 0.25) is 0 Å². The number of ketones is 1. The van der Waals surface area contributed by atoms with E-state index in [2.05, 4.69) is 4.98 Å². The Balaban J connectivity index is 2.08. The average Bonchev–Trinajstić information content (AvgIpc) is 2.67. The van der Waals surface area contributed by atoms with Crippen LogP contribution in [0.25, 0.3) is 0 Å². The van der Waals surface area contributed by atoms with Crippen LogP contribution < -0.4 is 10.3 Å². The summed E-state index contributed by atoms with van der Waals surface area (Å²) in [6.45, 7) is 0.427.